The molecular weight excluding hydrogens is 220 g/mol. The molecule has 0 bridgehead atoms. The van der Waals surface area contributed by atoms with Crippen molar-refractivity contribution >= 4 is 5.69 Å². The van der Waals surface area contributed by atoms with Crippen molar-refractivity contribution in [2.24, 2.45) is 5.73 Å². The van der Waals surface area contributed by atoms with Crippen LogP contribution in [0.15, 0.2) is 18.2 Å². The lowest BCUT2D eigenvalue weighted by atomic mass is 10.2. The van der Waals surface area contributed by atoms with Crippen LogP contribution in [0.3, 0.4) is 0 Å². The molecule has 0 aromatic heterocycles. The number of benzene rings is 1. The average molecular weight is 236 g/mol. The first-order valence-corrected chi connectivity index (χ1v) is 5.73. The van der Waals surface area contributed by atoms with Crippen molar-refractivity contribution in [3.8, 4) is 5.75 Å². The van der Waals surface area contributed by atoms with E-state index >= 15 is 0 Å². The lowest BCUT2D eigenvalue weighted by molar-refractivity contribution is -0.384. The third-order valence-corrected chi connectivity index (χ3v) is 3.09. The van der Waals surface area contributed by atoms with Gasteiger partial charge in [-0.05, 0) is 37.8 Å². The molecule has 2 atom stereocenters. The van der Waals surface area contributed by atoms with Gasteiger partial charge in [-0.15, -0.1) is 0 Å². The van der Waals surface area contributed by atoms with Gasteiger partial charge in [-0.2, -0.15) is 0 Å². The number of aryl methyl sites for hydroxylation is 1. The summed E-state index contributed by atoms with van der Waals surface area (Å²) in [6.07, 6.45) is 2.94. The van der Waals surface area contributed by atoms with Crippen LogP contribution in [-0.4, -0.2) is 17.1 Å². The first-order valence-electron chi connectivity index (χ1n) is 5.73. The summed E-state index contributed by atoms with van der Waals surface area (Å²) in [7, 11) is 0. The molecule has 17 heavy (non-hydrogen) atoms. The highest BCUT2D eigenvalue weighted by Gasteiger charge is 2.23. The molecule has 0 aliphatic heterocycles. The van der Waals surface area contributed by atoms with Gasteiger partial charge in [0.25, 0.3) is 5.69 Å². The summed E-state index contributed by atoms with van der Waals surface area (Å²) >= 11 is 0. The zero-order chi connectivity index (χ0) is 12.4. The van der Waals surface area contributed by atoms with Crippen LogP contribution in [0.2, 0.25) is 0 Å². The number of hydrogen-bond acceptors (Lipinski definition) is 4. The number of nitro benzene ring substituents is 1. The van der Waals surface area contributed by atoms with Crippen LogP contribution in [0.25, 0.3) is 0 Å². The van der Waals surface area contributed by atoms with Crippen LogP contribution in [0.1, 0.15) is 24.8 Å². The number of ether oxygens (including phenoxy) is 1. The SMILES string of the molecule is Cc1cc([N+](=O)[O-])ccc1OC1CCC(N)C1. The lowest BCUT2D eigenvalue weighted by Gasteiger charge is -2.15. The molecule has 1 saturated carbocycles. The number of nitrogens with zero attached hydrogens (tertiary/aromatic N) is 1. The molecule has 1 aliphatic rings. The van der Waals surface area contributed by atoms with Gasteiger partial charge >= 0.3 is 0 Å². The topological polar surface area (TPSA) is 78.4 Å². The third-order valence-electron chi connectivity index (χ3n) is 3.09. The Morgan fingerprint density at radius 2 is 2.24 bits per heavy atom. The second-order valence-electron chi connectivity index (χ2n) is 4.52. The van der Waals surface area contributed by atoms with Crippen LogP contribution in [-0.2, 0) is 0 Å². The fourth-order valence-electron chi connectivity index (χ4n) is 2.14. The molecule has 1 aliphatic carbocycles. The molecule has 0 heterocycles. The Labute approximate surface area is 99.7 Å². The smallest absolute Gasteiger partial charge is 0.269 e. The van der Waals surface area contributed by atoms with E-state index in [1.807, 2.05) is 6.92 Å². The van der Waals surface area contributed by atoms with Gasteiger partial charge in [-0.1, -0.05) is 0 Å². The Bertz CT molecular complexity index is 434. The van der Waals surface area contributed by atoms with Gasteiger partial charge in [0.15, 0.2) is 0 Å². The zero-order valence-electron chi connectivity index (χ0n) is 9.76. The minimum Gasteiger partial charge on any atom is -0.490 e. The molecule has 2 N–H and O–H groups in total. The van der Waals surface area contributed by atoms with Crippen LogP contribution >= 0.6 is 0 Å². The zero-order valence-corrected chi connectivity index (χ0v) is 9.76. The third kappa shape index (κ3) is 2.74. The molecule has 0 spiro atoms. The molecule has 0 radical (unpaired) electrons. The summed E-state index contributed by atoms with van der Waals surface area (Å²) in [5, 5.41) is 10.6. The van der Waals surface area contributed by atoms with Crippen molar-refractivity contribution in [2.75, 3.05) is 0 Å². The van der Waals surface area contributed by atoms with Gasteiger partial charge in [-0.25, -0.2) is 0 Å². The number of nitrogens with two attached hydrogens (primary N) is 1. The predicted octanol–water partition coefficient (Wildman–Crippen LogP) is 2.16. The summed E-state index contributed by atoms with van der Waals surface area (Å²) in [6, 6.07) is 4.89. The maximum Gasteiger partial charge on any atom is 0.269 e. The number of non-ortho nitro benzene ring substituents is 1. The van der Waals surface area contributed by atoms with E-state index in [-0.39, 0.29) is 17.8 Å². The average Bonchev–Trinajstić information content (AvgIpc) is 2.67. The first-order chi connectivity index (χ1) is 8.06. The Balaban J connectivity index is 2.09. The highest BCUT2D eigenvalue weighted by atomic mass is 16.6. The van der Waals surface area contributed by atoms with Crippen molar-refractivity contribution in [2.45, 2.75) is 38.3 Å². The maximum absolute atomic E-state index is 10.6. The molecule has 1 fully saturated rings. The van der Waals surface area contributed by atoms with Crippen molar-refractivity contribution in [1.82, 2.24) is 0 Å². The molecular formula is C12H16N2O3. The largest absolute Gasteiger partial charge is 0.490 e. The normalized spacial score (nSPS) is 23.6. The molecule has 2 unspecified atom stereocenters. The summed E-state index contributed by atoms with van der Waals surface area (Å²) in [5.74, 6) is 0.717. The molecule has 1 aromatic carbocycles. The minimum absolute atomic E-state index is 0.0953. The Morgan fingerprint density at radius 1 is 1.47 bits per heavy atom. The molecule has 5 heteroatoms. The molecule has 0 saturated heterocycles. The molecule has 2 rings (SSSR count). The molecule has 1 aromatic rings. The van der Waals surface area contributed by atoms with E-state index in [0.29, 0.717) is 0 Å². The lowest BCUT2D eigenvalue weighted by Crippen LogP contribution is -2.19. The van der Waals surface area contributed by atoms with E-state index in [2.05, 4.69) is 0 Å². The summed E-state index contributed by atoms with van der Waals surface area (Å²) < 4.78 is 5.81. The monoisotopic (exact) mass is 236 g/mol. The van der Waals surface area contributed by atoms with E-state index in [1.54, 1.807) is 6.07 Å². The van der Waals surface area contributed by atoms with Crippen LogP contribution in [0, 0.1) is 17.0 Å². The molecule has 0 amide bonds. The Hall–Kier alpha value is -1.62. The van der Waals surface area contributed by atoms with Gasteiger partial charge < -0.3 is 10.5 Å². The maximum atomic E-state index is 10.6. The number of hydrogen-bond donors (Lipinski definition) is 1. The highest BCUT2D eigenvalue weighted by Crippen LogP contribution is 2.28. The summed E-state index contributed by atoms with van der Waals surface area (Å²) in [4.78, 5) is 10.2. The summed E-state index contributed by atoms with van der Waals surface area (Å²) in [5.41, 5.74) is 6.70. The quantitative estimate of drug-likeness (QED) is 0.644. The first kappa shape index (κ1) is 11.9. The fraction of sp³-hybridized carbons (Fsp3) is 0.500. The van der Waals surface area contributed by atoms with Crippen molar-refractivity contribution < 1.29 is 9.66 Å². The van der Waals surface area contributed by atoms with Crippen molar-refractivity contribution in [3.63, 3.8) is 0 Å². The highest BCUT2D eigenvalue weighted by molar-refractivity contribution is 5.43. The standard InChI is InChI=1S/C12H16N2O3/c1-8-6-10(14(15)16)3-5-12(8)17-11-4-2-9(13)7-11/h3,5-6,9,11H,2,4,7,13H2,1H3. The predicted molar refractivity (Wildman–Crippen MR) is 64.1 cm³/mol. The Kier molecular flexibility index (Phi) is 3.28. The second kappa shape index (κ2) is 4.71. The van der Waals surface area contributed by atoms with Crippen LogP contribution < -0.4 is 10.5 Å². The second-order valence-corrected chi connectivity index (χ2v) is 4.52. The van der Waals surface area contributed by atoms with Crippen molar-refractivity contribution in [1.29, 1.82) is 0 Å². The van der Waals surface area contributed by atoms with Gasteiger partial charge in [-0.3, -0.25) is 10.1 Å². The van der Waals surface area contributed by atoms with Gasteiger partial charge in [0.2, 0.25) is 0 Å². The minimum atomic E-state index is -0.401. The Morgan fingerprint density at radius 3 is 2.76 bits per heavy atom. The van der Waals surface area contributed by atoms with E-state index < -0.39 is 4.92 Å². The summed E-state index contributed by atoms with van der Waals surface area (Å²) in [6.45, 7) is 1.82. The van der Waals surface area contributed by atoms with Gasteiger partial charge in [0, 0.05) is 18.2 Å². The van der Waals surface area contributed by atoms with Gasteiger partial charge in [0.1, 0.15) is 11.9 Å². The van der Waals surface area contributed by atoms with Crippen molar-refractivity contribution in [3.05, 3.63) is 33.9 Å². The molecule has 92 valence electrons. The number of nitro groups is 1. The van der Waals surface area contributed by atoms with E-state index in [1.165, 1.54) is 12.1 Å². The molecule has 5 nitrogen and oxygen atoms in total. The fourth-order valence-corrected chi connectivity index (χ4v) is 2.14. The van der Waals surface area contributed by atoms with Gasteiger partial charge in [0.05, 0.1) is 4.92 Å². The van der Waals surface area contributed by atoms with Crippen LogP contribution in [0.4, 0.5) is 5.69 Å². The van der Waals surface area contributed by atoms with E-state index in [4.69, 9.17) is 10.5 Å². The number of rotatable bonds is 3. The van der Waals surface area contributed by atoms with E-state index in [0.717, 1.165) is 30.6 Å². The van der Waals surface area contributed by atoms with E-state index in [9.17, 15) is 10.1 Å². The van der Waals surface area contributed by atoms with Crippen LogP contribution in [0.5, 0.6) is 5.75 Å².